The molecule has 1 aromatic heterocycles. The Labute approximate surface area is 74.4 Å². The molecule has 2 heterocycles. The van der Waals surface area contributed by atoms with Crippen LogP contribution in [0.5, 0.6) is 0 Å². The van der Waals surface area contributed by atoms with Crippen LogP contribution in [0.3, 0.4) is 0 Å². The Balaban J connectivity index is 2.45. The maximum absolute atomic E-state index is 4.75. The molecule has 0 amide bonds. The molecular formula is C7H6N4S. The number of thiocarbonyl (C=S) groups is 1. The highest BCUT2D eigenvalue weighted by molar-refractivity contribution is 7.80. The summed E-state index contributed by atoms with van der Waals surface area (Å²) in [7, 11) is 0. The first-order chi connectivity index (χ1) is 5.77. The maximum Gasteiger partial charge on any atom is 0.242 e. The largest absolute Gasteiger partial charge is 0.358 e. The van der Waals surface area contributed by atoms with E-state index >= 15 is 0 Å². The molecule has 0 unspecified atom stereocenters. The number of rotatable bonds is 1. The van der Waals surface area contributed by atoms with Crippen molar-refractivity contribution in [3.8, 4) is 0 Å². The van der Waals surface area contributed by atoms with Gasteiger partial charge in [-0.1, -0.05) is 0 Å². The van der Waals surface area contributed by atoms with Crippen LogP contribution in [0, 0.1) is 6.92 Å². The van der Waals surface area contributed by atoms with Crippen LogP contribution in [-0.4, -0.2) is 15.9 Å². The van der Waals surface area contributed by atoms with E-state index in [1.54, 1.807) is 0 Å². The van der Waals surface area contributed by atoms with E-state index in [1.807, 2.05) is 19.2 Å². The fourth-order valence-corrected chi connectivity index (χ4v) is 1.15. The van der Waals surface area contributed by atoms with Gasteiger partial charge in [0.15, 0.2) is 0 Å². The molecule has 0 atom stereocenters. The molecule has 1 aromatic rings. The summed E-state index contributed by atoms with van der Waals surface area (Å²) in [6.45, 7) is 1.98. The summed E-state index contributed by atoms with van der Waals surface area (Å²) in [6, 6.07) is 1.95. The Morgan fingerprint density at radius 3 is 2.75 bits per heavy atom. The maximum atomic E-state index is 4.75. The zero-order valence-corrected chi connectivity index (χ0v) is 7.22. The summed E-state index contributed by atoms with van der Waals surface area (Å²) >= 11 is 4.75. The van der Waals surface area contributed by atoms with Gasteiger partial charge in [-0.05, 0) is 30.8 Å². The van der Waals surface area contributed by atoms with E-state index in [-0.39, 0.29) is 0 Å². The van der Waals surface area contributed by atoms with Crippen LogP contribution in [-0.2, 0) is 0 Å². The molecule has 0 spiro atoms. The smallest absolute Gasteiger partial charge is 0.242 e. The van der Waals surface area contributed by atoms with Crippen LogP contribution in [0.4, 0.5) is 0 Å². The van der Waals surface area contributed by atoms with Crippen molar-refractivity contribution in [2.45, 2.75) is 6.92 Å². The lowest BCUT2D eigenvalue weighted by atomic mass is 10.2. The van der Waals surface area contributed by atoms with Crippen LogP contribution in [0.2, 0.25) is 0 Å². The Bertz CT molecular complexity index is 388. The summed E-state index contributed by atoms with van der Waals surface area (Å²) in [6.07, 6.45) is 1.84. The Morgan fingerprint density at radius 2 is 2.25 bits per heavy atom. The van der Waals surface area contributed by atoms with Crippen molar-refractivity contribution >= 4 is 23.2 Å². The number of hydrogen-bond donors (Lipinski definition) is 1. The number of hydrogen-bond acceptors (Lipinski definition) is 2. The normalized spacial score (nSPS) is 15.4. The minimum atomic E-state index is 0.291. The first kappa shape index (κ1) is 7.30. The van der Waals surface area contributed by atoms with Crippen molar-refractivity contribution in [1.82, 2.24) is 4.98 Å². The van der Waals surface area contributed by atoms with E-state index in [9.17, 15) is 0 Å². The Morgan fingerprint density at radius 1 is 1.42 bits per heavy atom. The van der Waals surface area contributed by atoms with Crippen molar-refractivity contribution in [2.75, 3.05) is 0 Å². The number of aryl methyl sites for hydroxylation is 1. The zero-order chi connectivity index (χ0) is 8.55. The molecule has 0 saturated heterocycles. The number of aromatic nitrogens is 1. The molecule has 4 nitrogen and oxygen atoms in total. The number of azo groups is 1. The number of aliphatic imine (C=N–C) groups is 1. The molecule has 0 bridgehead atoms. The van der Waals surface area contributed by atoms with E-state index in [0.29, 0.717) is 10.9 Å². The first-order valence-corrected chi connectivity index (χ1v) is 3.87. The molecule has 60 valence electrons. The molecule has 1 aliphatic heterocycles. The van der Waals surface area contributed by atoms with Crippen molar-refractivity contribution in [1.29, 1.82) is 0 Å². The van der Waals surface area contributed by atoms with Gasteiger partial charge in [-0.25, -0.2) is 0 Å². The van der Waals surface area contributed by atoms with Gasteiger partial charge >= 0.3 is 0 Å². The van der Waals surface area contributed by atoms with Crippen molar-refractivity contribution in [2.24, 2.45) is 15.2 Å². The SMILES string of the molecule is Cc1cc[nH]c1C1=NC(=S)N=N1. The molecule has 1 aliphatic rings. The van der Waals surface area contributed by atoms with Gasteiger partial charge in [-0.15, -0.1) is 10.2 Å². The highest BCUT2D eigenvalue weighted by Gasteiger charge is 2.12. The quantitative estimate of drug-likeness (QED) is 0.655. The topological polar surface area (TPSA) is 52.9 Å². The van der Waals surface area contributed by atoms with Gasteiger partial charge in [0.25, 0.3) is 0 Å². The van der Waals surface area contributed by atoms with E-state index in [1.165, 1.54) is 0 Å². The van der Waals surface area contributed by atoms with Crippen molar-refractivity contribution in [3.63, 3.8) is 0 Å². The Hall–Kier alpha value is -1.36. The fourth-order valence-electron chi connectivity index (χ4n) is 1.02. The standard InChI is InChI=1S/C7H6N4S/c1-4-2-3-8-5(4)6-9-7(12)11-10-6/h2-3,8H,1H3. The van der Waals surface area contributed by atoms with Crippen LogP contribution in [0.25, 0.3) is 0 Å². The van der Waals surface area contributed by atoms with Crippen LogP contribution in [0.15, 0.2) is 27.5 Å². The van der Waals surface area contributed by atoms with Crippen LogP contribution >= 0.6 is 12.2 Å². The second kappa shape index (κ2) is 2.60. The number of nitrogens with zero attached hydrogens (tertiary/aromatic N) is 3. The van der Waals surface area contributed by atoms with E-state index in [4.69, 9.17) is 12.2 Å². The molecule has 12 heavy (non-hydrogen) atoms. The minimum Gasteiger partial charge on any atom is -0.358 e. The van der Waals surface area contributed by atoms with Crippen LogP contribution < -0.4 is 0 Å². The number of amidine groups is 1. The second-order valence-corrected chi connectivity index (χ2v) is 2.82. The third-order valence-electron chi connectivity index (χ3n) is 1.61. The predicted molar refractivity (Wildman–Crippen MR) is 49.5 cm³/mol. The summed E-state index contributed by atoms with van der Waals surface area (Å²) in [4.78, 5) is 7.00. The predicted octanol–water partition coefficient (Wildman–Crippen LogP) is 1.82. The number of aromatic amines is 1. The third-order valence-corrected chi connectivity index (χ3v) is 1.78. The van der Waals surface area contributed by atoms with Crippen molar-refractivity contribution < 1.29 is 0 Å². The van der Waals surface area contributed by atoms with Gasteiger partial charge in [0.05, 0.1) is 5.69 Å². The summed E-state index contributed by atoms with van der Waals surface area (Å²) in [5, 5.41) is 7.76. The van der Waals surface area contributed by atoms with E-state index in [2.05, 4.69) is 20.2 Å². The molecule has 2 rings (SSSR count). The average molecular weight is 178 g/mol. The lowest BCUT2D eigenvalue weighted by molar-refractivity contribution is 1.30. The van der Waals surface area contributed by atoms with Crippen molar-refractivity contribution in [3.05, 3.63) is 23.5 Å². The first-order valence-electron chi connectivity index (χ1n) is 3.46. The van der Waals surface area contributed by atoms with Gasteiger partial charge < -0.3 is 4.98 Å². The van der Waals surface area contributed by atoms with Gasteiger partial charge in [-0.2, -0.15) is 4.99 Å². The molecule has 0 aliphatic carbocycles. The molecule has 5 heteroatoms. The monoisotopic (exact) mass is 178 g/mol. The number of nitrogens with one attached hydrogen (secondary N) is 1. The molecule has 0 radical (unpaired) electrons. The van der Waals surface area contributed by atoms with E-state index in [0.717, 1.165) is 11.3 Å². The minimum absolute atomic E-state index is 0.291. The van der Waals surface area contributed by atoms with Gasteiger partial charge in [0.1, 0.15) is 0 Å². The summed E-state index contributed by atoms with van der Waals surface area (Å²) in [5.74, 6) is 0.572. The molecule has 0 aromatic carbocycles. The lowest BCUT2D eigenvalue weighted by Crippen LogP contribution is -1.96. The highest BCUT2D eigenvalue weighted by atomic mass is 32.1. The Kier molecular flexibility index (Phi) is 1.58. The van der Waals surface area contributed by atoms with Gasteiger partial charge in [0.2, 0.25) is 10.9 Å². The summed E-state index contributed by atoms with van der Waals surface area (Å²) < 4.78 is 0. The highest BCUT2D eigenvalue weighted by Crippen LogP contribution is 2.11. The molecule has 0 fully saturated rings. The lowest BCUT2D eigenvalue weighted by Gasteiger charge is -1.91. The summed E-state index contributed by atoms with van der Waals surface area (Å²) in [5.41, 5.74) is 1.98. The molecular weight excluding hydrogens is 172 g/mol. The molecule has 0 saturated carbocycles. The second-order valence-electron chi connectivity index (χ2n) is 2.45. The third kappa shape index (κ3) is 1.08. The van der Waals surface area contributed by atoms with Gasteiger partial charge in [0, 0.05) is 6.20 Å². The van der Waals surface area contributed by atoms with Crippen LogP contribution in [0.1, 0.15) is 11.3 Å². The number of H-pyrrole nitrogens is 1. The fraction of sp³-hybridized carbons (Fsp3) is 0.143. The average Bonchev–Trinajstić information content (AvgIpc) is 2.58. The van der Waals surface area contributed by atoms with Gasteiger partial charge in [-0.3, -0.25) is 0 Å². The molecule has 1 N–H and O–H groups in total. The zero-order valence-electron chi connectivity index (χ0n) is 6.40. The van der Waals surface area contributed by atoms with E-state index < -0.39 is 0 Å².